The summed E-state index contributed by atoms with van der Waals surface area (Å²) in [5.41, 5.74) is 5.16. The molecule has 0 spiro atoms. The van der Waals surface area contributed by atoms with E-state index < -0.39 is 0 Å². The Balaban J connectivity index is 2.17. The molecule has 3 N–H and O–H groups in total. The maximum absolute atomic E-state index is 6.96. The molecule has 13 heavy (non-hydrogen) atoms. The van der Waals surface area contributed by atoms with Gasteiger partial charge in [0.2, 0.25) is 0 Å². The van der Waals surface area contributed by atoms with Gasteiger partial charge in [0.25, 0.3) is 0 Å². The number of hydrogen-bond donors (Lipinski definition) is 2. The van der Waals surface area contributed by atoms with Gasteiger partial charge in [-0.15, -0.1) is 0 Å². The third-order valence-corrected chi connectivity index (χ3v) is 2.03. The quantitative estimate of drug-likeness (QED) is 0.437. The van der Waals surface area contributed by atoms with Crippen LogP contribution < -0.4 is 10.5 Å². The molecule has 0 atom stereocenters. The molecule has 1 aromatic rings. The molecule has 0 aliphatic rings. The van der Waals surface area contributed by atoms with Crippen molar-refractivity contribution in [1.82, 2.24) is 0 Å². The second-order valence-corrected chi connectivity index (χ2v) is 3.51. The third kappa shape index (κ3) is 4.42. The maximum atomic E-state index is 6.96. The summed E-state index contributed by atoms with van der Waals surface area (Å²) in [5, 5.41) is 7.10. The molecular weight excluding hydrogens is 184 g/mol. The number of nitrogens with two attached hydrogens (primary N) is 1. The largest absolute Gasteiger partial charge is 0.493 e. The lowest BCUT2D eigenvalue weighted by atomic mass is 10.3. The van der Waals surface area contributed by atoms with Gasteiger partial charge in [-0.05, 0) is 12.1 Å². The van der Waals surface area contributed by atoms with Crippen LogP contribution >= 0.6 is 11.8 Å². The van der Waals surface area contributed by atoms with Crippen LogP contribution in [0.5, 0.6) is 5.75 Å². The van der Waals surface area contributed by atoms with E-state index in [4.69, 9.17) is 15.9 Å². The van der Waals surface area contributed by atoms with Crippen LogP contribution in [-0.4, -0.2) is 17.5 Å². The number of para-hydroxylation sites is 1. The molecule has 0 saturated carbocycles. The van der Waals surface area contributed by atoms with Crippen molar-refractivity contribution in [1.29, 1.82) is 5.41 Å². The van der Waals surface area contributed by atoms with E-state index in [0.717, 1.165) is 5.75 Å². The van der Waals surface area contributed by atoms with Crippen molar-refractivity contribution in [2.45, 2.75) is 0 Å². The van der Waals surface area contributed by atoms with Gasteiger partial charge in [0, 0.05) is 5.75 Å². The van der Waals surface area contributed by atoms with Gasteiger partial charge in [-0.25, -0.2) is 0 Å². The Hall–Kier alpha value is -1.16. The summed E-state index contributed by atoms with van der Waals surface area (Å²) < 4.78 is 5.38. The molecule has 0 radical (unpaired) electrons. The molecule has 4 heteroatoms. The number of rotatable bonds is 4. The van der Waals surface area contributed by atoms with E-state index in [1.807, 2.05) is 30.3 Å². The molecule has 1 rings (SSSR count). The van der Waals surface area contributed by atoms with Gasteiger partial charge < -0.3 is 10.5 Å². The predicted molar refractivity (Wildman–Crippen MR) is 56.3 cm³/mol. The van der Waals surface area contributed by atoms with Gasteiger partial charge in [-0.2, -0.15) is 0 Å². The van der Waals surface area contributed by atoms with Gasteiger partial charge >= 0.3 is 0 Å². The number of benzene rings is 1. The molecular formula is C9H12N2OS. The highest BCUT2D eigenvalue weighted by Crippen LogP contribution is 2.08. The van der Waals surface area contributed by atoms with Crippen LogP contribution in [0.1, 0.15) is 0 Å². The minimum Gasteiger partial charge on any atom is -0.493 e. The van der Waals surface area contributed by atoms with Crippen molar-refractivity contribution in [2.24, 2.45) is 5.73 Å². The molecule has 0 bridgehead atoms. The highest BCUT2D eigenvalue weighted by molar-refractivity contribution is 8.13. The summed E-state index contributed by atoms with van der Waals surface area (Å²) >= 11 is 1.29. The minimum absolute atomic E-state index is 0.136. The topological polar surface area (TPSA) is 59.1 Å². The molecule has 0 saturated heterocycles. The normalized spacial score (nSPS) is 9.54. The fourth-order valence-corrected chi connectivity index (χ4v) is 1.21. The highest BCUT2D eigenvalue weighted by Gasteiger charge is 1.93. The van der Waals surface area contributed by atoms with E-state index in [-0.39, 0.29) is 5.17 Å². The minimum atomic E-state index is 0.136. The Morgan fingerprint density at radius 3 is 2.69 bits per heavy atom. The molecule has 3 nitrogen and oxygen atoms in total. The first-order chi connectivity index (χ1) is 6.29. The SMILES string of the molecule is N=C(N)SCCOc1ccccc1. The Morgan fingerprint density at radius 2 is 2.08 bits per heavy atom. The van der Waals surface area contributed by atoms with Crippen molar-refractivity contribution >= 4 is 16.9 Å². The Kier molecular flexibility index (Phi) is 4.18. The summed E-state index contributed by atoms with van der Waals surface area (Å²) in [6, 6.07) is 9.59. The van der Waals surface area contributed by atoms with E-state index in [2.05, 4.69) is 0 Å². The van der Waals surface area contributed by atoms with Crippen LogP contribution in [0.3, 0.4) is 0 Å². The maximum Gasteiger partial charge on any atom is 0.151 e. The third-order valence-electron chi connectivity index (χ3n) is 1.35. The van der Waals surface area contributed by atoms with Crippen LogP contribution in [0.4, 0.5) is 0 Å². The number of nitrogens with one attached hydrogen (secondary N) is 1. The Bertz CT molecular complexity index is 264. The van der Waals surface area contributed by atoms with Gasteiger partial charge in [-0.3, -0.25) is 5.41 Å². The van der Waals surface area contributed by atoms with Gasteiger partial charge in [0.1, 0.15) is 5.75 Å². The first-order valence-corrected chi connectivity index (χ1v) is 4.92. The molecule has 70 valence electrons. The van der Waals surface area contributed by atoms with Crippen molar-refractivity contribution in [3.05, 3.63) is 30.3 Å². The summed E-state index contributed by atoms with van der Waals surface area (Å²) in [4.78, 5) is 0. The van der Waals surface area contributed by atoms with Crippen LogP contribution in [0, 0.1) is 5.41 Å². The van der Waals surface area contributed by atoms with E-state index in [1.165, 1.54) is 11.8 Å². The van der Waals surface area contributed by atoms with Crippen LogP contribution in [0.15, 0.2) is 30.3 Å². The molecule has 0 unspecified atom stereocenters. The number of thioether (sulfide) groups is 1. The smallest absolute Gasteiger partial charge is 0.151 e. The second kappa shape index (κ2) is 5.48. The Morgan fingerprint density at radius 1 is 1.38 bits per heavy atom. The second-order valence-electron chi connectivity index (χ2n) is 2.37. The van der Waals surface area contributed by atoms with E-state index >= 15 is 0 Å². The number of ether oxygens (including phenoxy) is 1. The van der Waals surface area contributed by atoms with Crippen molar-refractivity contribution < 1.29 is 4.74 Å². The lowest BCUT2D eigenvalue weighted by molar-refractivity contribution is 0.344. The van der Waals surface area contributed by atoms with Crippen molar-refractivity contribution in [3.8, 4) is 5.75 Å². The first kappa shape index (κ1) is 9.92. The zero-order valence-corrected chi connectivity index (χ0v) is 8.01. The fourth-order valence-electron chi connectivity index (χ4n) is 0.828. The molecule has 0 aromatic heterocycles. The zero-order chi connectivity index (χ0) is 9.52. The van der Waals surface area contributed by atoms with Crippen LogP contribution in [0.2, 0.25) is 0 Å². The molecule has 0 aliphatic heterocycles. The van der Waals surface area contributed by atoms with Crippen LogP contribution in [-0.2, 0) is 0 Å². The lowest BCUT2D eigenvalue weighted by Gasteiger charge is -2.04. The predicted octanol–water partition coefficient (Wildman–Crippen LogP) is 1.69. The fraction of sp³-hybridized carbons (Fsp3) is 0.222. The summed E-state index contributed by atoms with van der Waals surface area (Å²) in [5.74, 6) is 1.57. The van der Waals surface area contributed by atoms with Gasteiger partial charge in [0.15, 0.2) is 5.17 Å². The molecule has 0 heterocycles. The molecule has 0 amide bonds. The number of hydrogen-bond acceptors (Lipinski definition) is 3. The average Bonchev–Trinajstić information content (AvgIpc) is 2.14. The standard InChI is InChI=1S/C9H12N2OS/c10-9(11)13-7-6-12-8-4-2-1-3-5-8/h1-5H,6-7H2,(H3,10,11). The van der Waals surface area contributed by atoms with Gasteiger partial charge in [0.05, 0.1) is 6.61 Å². The lowest BCUT2D eigenvalue weighted by Crippen LogP contribution is -2.08. The molecule has 1 aromatic carbocycles. The highest BCUT2D eigenvalue weighted by atomic mass is 32.2. The summed E-state index contributed by atoms with van der Waals surface area (Å²) in [7, 11) is 0. The van der Waals surface area contributed by atoms with Crippen molar-refractivity contribution in [2.75, 3.05) is 12.4 Å². The van der Waals surface area contributed by atoms with Crippen LogP contribution in [0.25, 0.3) is 0 Å². The summed E-state index contributed by atoms with van der Waals surface area (Å²) in [6.45, 7) is 0.578. The van der Waals surface area contributed by atoms with Gasteiger partial charge in [-0.1, -0.05) is 30.0 Å². The summed E-state index contributed by atoms with van der Waals surface area (Å²) in [6.07, 6.45) is 0. The molecule has 0 aliphatic carbocycles. The average molecular weight is 196 g/mol. The monoisotopic (exact) mass is 196 g/mol. The number of amidine groups is 1. The first-order valence-electron chi connectivity index (χ1n) is 3.93. The van der Waals surface area contributed by atoms with Crippen molar-refractivity contribution in [3.63, 3.8) is 0 Å². The van der Waals surface area contributed by atoms with E-state index in [1.54, 1.807) is 0 Å². The molecule has 0 fully saturated rings. The van der Waals surface area contributed by atoms with E-state index in [0.29, 0.717) is 12.4 Å². The zero-order valence-electron chi connectivity index (χ0n) is 7.19. The van der Waals surface area contributed by atoms with E-state index in [9.17, 15) is 0 Å². The Labute approximate surface area is 81.8 Å².